The van der Waals surface area contributed by atoms with Crippen LogP contribution in [-0.4, -0.2) is 50.2 Å². The first-order chi connectivity index (χ1) is 12.5. The number of methoxy groups -OCH3 is 2. The normalized spacial score (nSPS) is 14.8. The molecule has 0 radical (unpaired) electrons. The lowest BCUT2D eigenvalue weighted by atomic mass is 10.1. The zero-order valence-electron chi connectivity index (χ0n) is 15.9. The number of esters is 1. The van der Waals surface area contributed by atoms with Gasteiger partial charge in [-0.1, -0.05) is 13.0 Å². The lowest BCUT2D eigenvalue weighted by Crippen LogP contribution is -2.38. The summed E-state index contributed by atoms with van der Waals surface area (Å²) in [5.41, 5.74) is 0.838. The van der Waals surface area contributed by atoms with Crippen LogP contribution in [0.1, 0.15) is 32.3 Å². The number of benzene rings is 1. The van der Waals surface area contributed by atoms with E-state index in [1.54, 1.807) is 45.1 Å². The second kappa shape index (κ2) is 9.27. The van der Waals surface area contributed by atoms with Gasteiger partial charge in [0.15, 0.2) is 11.5 Å². The molecule has 0 spiro atoms. The van der Waals surface area contributed by atoms with Crippen LogP contribution in [0.25, 0.3) is 6.08 Å². The topological polar surface area (TPSA) is 65.1 Å². The highest BCUT2D eigenvalue weighted by Crippen LogP contribution is 2.29. The zero-order valence-corrected chi connectivity index (χ0v) is 15.9. The Bertz CT molecular complexity index is 666. The van der Waals surface area contributed by atoms with E-state index in [4.69, 9.17) is 14.2 Å². The molecular weight excluding hydrogens is 334 g/mol. The van der Waals surface area contributed by atoms with Crippen LogP contribution < -0.4 is 9.47 Å². The molecular formula is C20H27NO5. The molecule has 1 aliphatic carbocycles. The number of hydrogen-bond donors (Lipinski definition) is 0. The SMILES string of the molecule is CCOC(=O)C(C)CN(C(=O)/C=C/c1ccc(OC)c(OC)c1)C1CC1. The Labute approximate surface area is 154 Å². The minimum Gasteiger partial charge on any atom is -0.493 e. The summed E-state index contributed by atoms with van der Waals surface area (Å²) in [4.78, 5) is 26.2. The summed E-state index contributed by atoms with van der Waals surface area (Å²) in [6, 6.07) is 5.68. The number of carbonyl (C=O) groups is 2. The van der Waals surface area contributed by atoms with Crippen molar-refractivity contribution in [3.63, 3.8) is 0 Å². The summed E-state index contributed by atoms with van der Waals surface area (Å²) in [6.07, 6.45) is 5.24. The van der Waals surface area contributed by atoms with Gasteiger partial charge in [0.25, 0.3) is 0 Å². The van der Waals surface area contributed by atoms with Gasteiger partial charge in [0, 0.05) is 18.7 Å². The molecule has 1 aromatic carbocycles. The average Bonchev–Trinajstić information content (AvgIpc) is 3.48. The predicted molar refractivity (Wildman–Crippen MR) is 99.1 cm³/mol. The quantitative estimate of drug-likeness (QED) is 0.500. The summed E-state index contributed by atoms with van der Waals surface area (Å²) in [5.74, 6) is 0.540. The fourth-order valence-corrected chi connectivity index (χ4v) is 2.68. The summed E-state index contributed by atoms with van der Waals surface area (Å²) in [7, 11) is 3.15. The molecule has 6 nitrogen and oxygen atoms in total. The molecule has 142 valence electrons. The third kappa shape index (κ3) is 5.25. The molecule has 1 aromatic rings. The van der Waals surface area contributed by atoms with Crippen LogP contribution in [-0.2, 0) is 14.3 Å². The van der Waals surface area contributed by atoms with Crippen molar-refractivity contribution < 1.29 is 23.8 Å². The van der Waals surface area contributed by atoms with Crippen molar-refractivity contribution in [3.8, 4) is 11.5 Å². The maximum absolute atomic E-state index is 12.6. The van der Waals surface area contributed by atoms with E-state index in [1.807, 2.05) is 12.1 Å². The third-order valence-electron chi connectivity index (χ3n) is 4.26. The van der Waals surface area contributed by atoms with Gasteiger partial charge in [0.05, 0.1) is 26.7 Å². The van der Waals surface area contributed by atoms with Gasteiger partial charge < -0.3 is 19.1 Å². The van der Waals surface area contributed by atoms with Crippen molar-refractivity contribution in [1.29, 1.82) is 0 Å². The zero-order chi connectivity index (χ0) is 19.1. The minimum absolute atomic E-state index is 0.0987. The van der Waals surface area contributed by atoms with E-state index in [9.17, 15) is 9.59 Å². The summed E-state index contributed by atoms with van der Waals surface area (Å²) in [5, 5.41) is 0. The van der Waals surface area contributed by atoms with Crippen molar-refractivity contribution in [1.82, 2.24) is 4.90 Å². The molecule has 2 rings (SSSR count). The second-order valence-corrected chi connectivity index (χ2v) is 6.32. The van der Waals surface area contributed by atoms with Crippen molar-refractivity contribution in [2.24, 2.45) is 5.92 Å². The van der Waals surface area contributed by atoms with E-state index in [0.29, 0.717) is 24.7 Å². The van der Waals surface area contributed by atoms with Crippen molar-refractivity contribution in [2.45, 2.75) is 32.7 Å². The van der Waals surface area contributed by atoms with Gasteiger partial charge >= 0.3 is 5.97 Å². The number of hydrogen-bond acceptors (Lipinski definition) is 5. The smallest absolute Gasteiger partial charge is 0.310 e. The van der Waals surface area contributed by atoms with Crippen LogP contribution in [0, 0.1) is 5.92 Å². The van der Waals surface area contributed by atoms with E-state index >= 15 is 0 Å². The minimum atomic E-state index is -0.339. The Hall–Kier alpha value is -2.50. The molecule has 1 atom stereocenters. The van der Waals surface area contributed by atoms with E-state index in [2.05, 4.69) is 0 Å². The molecule has 1 saturated carbocycles. The number of carbonyl (C=O) groups excluding carboxylic acids is 2. The molecule has 0 bridgehead atoms. The molecule has 0 heterocycles. The molecule has 0 N–H and O–H groups in total. The highest BCUT2D eigenvalue weighted by atomic mass is 16.5. The summed E-state index contributed by atoms with van der Waals surface area (Å²) >= 11 is 0. The van der Waals surface area contributed by atoms with Crippen molar-refractivity contribution >= 4 is 18.0 Å². The lowest BCUT2D eigenvalue weighted by molar-refractivity contribution is -0.148. The van der Waals surface area contributed by atoms with Gasteiger partial charge in [-0.15, -0.1) is 0 Å². The van der Waals surface area contributed by atoms with E-state index < -0.39 is 0 Å². The summed E-state index contributed by atoms with van der Waals surface area (Å²) < 4.78 is 15.5. The fourth-order valence-electron chi connectivity index (χ4n) is 2.68. The third-order valence-corrected chi connectivity index (χ3v) is 4.26. The maximum atomic E-state index is 12.6. The molecule has 6 heteroatoms. The Morgan fingerprint density at radius 1 is 1.23 bits per heavy atom. The Morgan fingerprint density at radius 2 is 1.92 bits per heavy atom. The second-order valence-electron chi connectivity index (χ2n) is 6.32. The largest absolute Gasteiger partial charge is 0.493 e. The fraction of sp³-hybridized carbons (Fsp3) is 0.500. The Kier molecular flexibility index (Phi) is 7.06. The molecule has 1 aliphatic rings. The van der Waals surface area contributed by atoms with Crippen molar-refractivity contribution in [3.05, 3.63) is 29.8 Å². The van der Waals surface area contributed by atoms with Crippen LogP contribution in [0.3, 0.4) is 0 Å². The highest BCUT2D eigenvalue weighted by Gasteiger charge is 2.33. The molecule has 1 fully saturated rings. The van der Waals surface area contributed by atoms with Gasteiger partial charge in [-0.2, -0.15) is 0 Å². The molecule has 0 aromatic heterocycles. The van der Waals surface area contributed by atoms with Crippen LogP contribution in [0.15, 0.2) is 24.3 Å². The Morgan fingerprint density at radius 3 is 2.50 bits per heavy atom. The highest BCUT2D eigenvalue weighted by molar-refractivity contribution is 5.92. The van der Waals surface area contributed by atoms with Crippen LogP contribution in [0.2, 0.25) is 0 Å². The standard InChI is InChI=1S/C20H27NO5/c1-5-26-20(23)14(2)13-21(16-8-9-16)19(22)11-7-15-6-10-17(24-3)18(12-15)25-4/h6-7,10-12,14,16H,5,8-9,13H2,1-4H3/b11-7+. The number of rotatable bonds is 9. The Balaban J connectivity index is 2.05. The van der Waals surface area contributed by atoms with Crippen LogP contribution in [0.5, 0.6) is 11.5 Å². The lowest BCUT2D eigenvalue weighted by Gasteiger charge is -2.23. The predicted octanol–water partition coefficient (Wildman–Crippen LogP) is 2.91. The van der Waals surface area contributed by atoms with Gasteiger partial charge in [0.2, 0.25) is 5.91 Å². The molecule has 1 unspecified atom stereocenters. The average molecular weight is 361 g/mol. The van der Waals surface area contributed by atoms with Gasteiger partial charge in [0.1, 0.15) is 0 Å². The van der Waals surface area contributed by atoms with Crippen LogP contribution in [0.4, 0.5) is 0 Å². The molecule has 26 heavy (non-hydrogen) atoms. The van der Waals surface area contributed by atoms with Crippen molar-refractivity contribution in [2.75, 3.05) is 27.4 Å². The van der Waals surface area contributed by atoms with Crippen LogP contribution >= 0.6 is 0 Å². The first-order valence-electron chi connectivity index (χ1n) is 8.87. The van der Waals surface area contributed by atoms with E-state index in [0.717, 1.165) is 18.4 Å². The van der Waals surface area contributed by atoms with E-state index in [-0.39, 0.29) is 23.8 Å². The van der Waals surface area contributed by atoms with Gasteiger partial charge in [-0.05, 0) is 43.5 Å². The van der Waals surface area contributed by atoms with Gasteiger partial charge in [-0.3, -0.25) is 9.59 Å². The molecule has 1 amide bonds. The summed E-state index contributed by atoms with van der Waals surface area (Å²) in [6.45, 7) is 4.29. The monoisotopic (exact) mass is 361 g/mol. The van der Waals surface area contributed by atoms with Gasteiger partial charge in [-0.25, -0.2) is 0 Å². The van der Waals surface area contributed by atoms with E-state index in [1.165, 1.54) is 6.08 Å². The number of amides is 1. The number of ether oxygens (including phenoxy) is 3. The first-order valence-corrected chi connectivity index (χ1v) is 8.87. The molecule has 0 saturated heterocycles. The molecule has 0 aliphatic heterocycles. The first kappa shape index (κ1) is 19.8. The maximum Gasteiger partial charge on any atom is 0.310 e. The number of nitrogens with zero attached hydrogens (tertiary/aromatic N) is 1.